The molecule has 8 heteroatoms. The average Bonchev–Trinajstić information content (AvgIpc) is 2.56. The monoisotopic (exact) mass is 361 g/mol. The summed E-state index contributed by atoms with van der Waals surface area (Å²) in [5.74, 6) is -2.96. The normalized spacial score (nSPS) is 10.2. The summed E-state index contributed by atoms with van der Waals surface area (Å²) in [6, 6.07) is 8.05. The molecule has 136 valence electrons. The van der Waals surface area contributed by atoms with Crippen molar-refractivity contribution in [3.8, 4) is 0 Å². The molecule has 0 heterocycles. The fourth-order valence-corrected chi connectivity index (χ4v) is 2.17. The van der Waals surface area contributed by atoms with Gasteiger partial charge in [-0.1, -0.05) is 12.1 Å². The van der Waals surface area contributed by atoms with Crippen LogP contribution in [0.25, 0.3) is 0 Å². The van der Waals surface area contributed by atoms with Crippen molar-refractivity contribution in [2.24, 2.45) is 0 Å². The highest BCUT2D eigenvalue weighted by Gasteiger charge is 2.12. The number of halogens is 2. The SMILES string of the molecule is CC(=O)Nc1cc(NCC(=O)Nc2cccc(C(C)=O)c2)c(F)cc1F. The van der Waals surface area contributed by atoms with Gasteiger partial charge in [-0.25, -0.2) is 8.78 Å². The van der Waals surface area contributed by atoms with Crippen LogP contribution in [-0.4, -0.2) is 24.1 Å². The molecular formula is C18H17F2N3O3. The molecular weight excluding hydrogens is 344 g/mol. The van der Waals surface area contributed by atoms with Crippen LogP contribution in [0.15, 0.2) is 36.4 Å². The standard InChI is InChI=1S/C18H17F2N3O3/c1-10(24)12-4-3-5-13(6-12)23-18(26)9-21-16-8-17(22-11(2)25)15(20)7-14(16)19/h3-8,21H,9H2,1-2H3,(H,22,25)(H,23,26). The van der Waals surface area contributed by atoms with E-state index in [9.17, 15) is 23.2 Å². The van der Waals surface area contributed by atoms with Gasteiger partial charge in [-0.15, -0.1) is 0 Å². The van der Waals surface area contributed by atoms with Crippen molar-refractivity contribution in [1.29, 1.82) is 0 Å². The molecule has 0 spiro atoms. The van der Waals surface area contributed by atoms with Gasteiger partial charge in [0, 0.05) is 24.2 Å². The van der Waals surface area contributed by atoms with Crippen molar-refractivity contribution >= 4 is 34.7 Å². The number of hydrogen-bond donors (Lipinski definition) is 3. The third-order valence-electron chi connectivity index (χ3n) is 3.36. The van der Waals surface area contributed by atoms with Crippen LogP contribution in [0.4, 0.5) is 25.8 Å². The van der Waals surface area contributed by atoms with Crippen molar-refractivity contribution in [1.82, 2.24) is 0 Å². The van der Waals surface area contributed by atoms with Crippen LogP contribution in [0.2, 0.25) is 0 Å². The molecule has 2 aromatic rings. The quantitative estimate of drug-likeness (QED) is 0.690. The van der Waals surface area contributed by atoms with Crippen molar-refractivity contribution in [2.45, 2.75) is 13.8 Å². The van der Waals surface area contributed by atoms with Gasteiger partial charge in [-0.05, 0) is 25.1 Å². The first kappa shape index (κ1) is 19.0. The molecule has 2 rings (SSSR count). The van der Waals surface area contributed by atoms with Crippen molar-refractivity contribution in [3.05, 3.63) is 53.6 Å². The van der Waals surface area contributed by atoms with E-state index in [-0.39, 0.29) is 23.7 Å². The van der Waals surface area contributed by atoms with Gasteiger partial charge in [-0.2, -0.15) is 0 Å². The molecule has 0 bridgehead atoms. The topological polar surface area (TPSA) is 87.3 Å². The van der Waals surface area contributed by atoms with Crippen LogP contribution < -0.4 is 16.0 Å². The van der Waals surface area contributed by atoms with Gasteiger partial charge < -0.3 is 16.0 Å². The second-order valence-corrected chi connectivity index (χ2v) is 5.53. The Hall–Kier alpha value is -3.29. The van der Waals surface area contributed by atoms with Gasteiger partial charge in [0.05, 0.1) is 17.9 Å². The molecule has 2 aromatic carbocycles. The molecule has 0 atom stereocenters. The lowest BCUT2D eigenvalue weighted by Gasteiger charge is -2.11. The summed E-state index contributed by atoms with van der Waals surface area (Å²) in [4.78, 5) is 34.3. The van der Waals surface area contributed by atoms with Crippen LogP contribution >= 0.6 is 0 Å². The van der Waals surface area contributed by atoms with E-state index in [2.05, 4.69) is 16.0 Å². The summed E-state index contributed by atoms with van der Waals surface area (Å²) in [5.41, 5.74) is 0.530. The minimum atomic E-state index is -0.922. The molecule has 3 N–H and O–H groups in total. The summed E-state index contributed by atoms with van der Waals surface area (Å²) >= 11 is 0. The van der Waals surface area contributed by atoms with E-state index in [0.717, 1.165) is 6.07 Å². The molecule has 0 saturated carbocycles. The number of rotatable bonds is 6. The van der Waals surface area contributed by atoms with Crippen molar-refractivity contribution in [2.75, 3.05) is 22.5 Å². The Morgan fingerprint density at radius 2 is 1.62 bits per heavy atom. The number of amides is 2. The zero-order valence-corrected chi connectivity index (χ0v) is 14.2. The van der Waals surface area contributed by atoms with Gasteiger partial charge >= 0.3 is 0 Å². The molecule has 0 aliphatic heterocycles. The van der Waals surface area contributed by atoms with Crippen LogP contribution in [0.5, 0.6) is 0 Å². The predicted molar refractivity (Wildman–Crippen MR) is 94.2 cm³/mol. The molecule has 0 radical (unpaired) electrons. The lowest BCUT2D eigenvalue weighted by atomic mass is 10.1. The minimum Gasteiger partial charge on any atom is -0.374 e. The van der Waals surface area contributed by atoms with E-state index >= 15 is 0 Å². The summed E-state index contributed by atoms with van der Waals surface area (Å²) in [6.07, 6.45) is 0. The van der Waals surface area contributed by atoms with Crippen LogP contribution in [-0.2, 0) is 9.59 Å². The maximum atomic E-state index is 13.8. The highest BCUT2D eigenvalue weighted by atomic mass is 19.1. The second-order valence-electron chi connectivity index (χ2n) is 5.53. The molecule has 26 heavy (non-hydrogen) atoms. The van der Waals surface area contributed by atoms with E-state index in [1.165, 1.54) is 19.9 Å². The van der Waals surface area contributed by atoms with Crippen LogP contribution in [0.1, 0.15) is 24.2 Å². The van der Waals surface area contributed by atoms with Crippen LogP contribution in [0.3, 0.4) is 0 Å². The Balaban J connectivity index is 2.04. The zero-order valence-electron chi connectivity index (χ0n) is 14.2. The van der Waals surface area contributed by atoms with Gasteiger partial charge in [-0.3, -0.25) is 14.4 Å². The number of benzene rings is 2. The number of anilines is 3. The first-order chi connectivity index (χ1) is 12.3. The highest BCUT2D eigenvalue weighted by Crippen LogP contribution is 2.23. The van der Waals surface area contributed by atoms with E-state index < -0.39 is 23.4 Å². The lowest BCUT2D eigenvalue weighted by molar-refractivity contribution is -0.115. The van der Waals surface area contributed by atoms with Crippen molar-refractivity contribution < 1.29 is 23.2 Å². The number of ketones is 1. The zero-order chi connectivity index (χ0) is 19.3. The number of hydrogen-bond acceptors (Lipinski definition) is 4. The maximum absolute atomic E-state index is 13.8. The summed E-state index contributed by atoms with van der Waals surface area (Å²) in [6.45, 7) is 2.30. The third-order valence-corrected chi connectivity index (χ3v) is 3.36. The Bertz CT molecular complexity index is 869. The number of carbonyl (C=O) groups excluding carboxylic acids is 3. The smallest absolute Gasteiger partial charge is 0.243 e. The fourth-order valence-electron chi connectivity index (χ4n) is 2.17. The Morgan fingerprint density at radius 1 is 0.923 bits per heavy atom. The van der Waals surface area contributed by atoms with Crippen molar-refractivity contribution in [3.63, 3.8) is 0 Å². The minimum absolute atomic E-state index is 0.136. The lowest BCUT2D eigenvalue weighted by Crippen LogP contribution is -2.22. The first-order valence-electron chi connectivity index (χ1n) is 7.67. The predicted octanol–water partition coefficient (Wildman–Crippen LogP) is 3.18. The maximum Gasteiger partial charge on any atom is 0.243 e. The average molecular weight is 361 g/mol. The number of Topliss-reactive ketones (excluding diaryl/α,β-unsaturated/α-hetero) is 1. The summed E-state index contributed by atoms with van der Waals surface area (Å²) in [5, 5.41) is 7.34. The van der Waals surface area contributed by atoms with Gasteiger partial charge in [0.15, 0.2) is 5.78 Å². The third kappa shape index (κ3) is 5.10. The Kier molecular flexibility index (Phi) is 6.00. The molecule has 6 nitrogen and oxygen atoms in total. The van der Waals surface area contributed by atoms with Gasteiger partial charge in [0.1, 0.15) is 11.6 Å². The summed E-state index contributed by atoms with van der Waals surface area (Å²) in [7, 11) is 0. The second kappa shape index (κ2) is 8.19. The molecule has 0 aliphatic rings. The van der Waals surface area contributed by atoms with Crippen LogP contribution in [0, 0.1) is 11.6 Å². The molecule has 0 aliphatic carbocycles. The Labute approximate surface area is 148 Å². The first-order valence-corrected chi connectivity index (χ1v) is 7.67. The fraction of sp³-hybridized carbons (Fsp3) is 0.167. The highest BCUT2D eigenvalue weighted by molar-refractivity contribution is 5.98. The summed E-state index contributed by atoms with van der Waals surface area (Å²) < 4.78 is 27.4. The van der Waals surface area contributed by atoms with Gasteiger partial charge in [0.25, 0.3) is 0 Å². The van der Waals surface area contributed by atoms with Gasteiger partial charge in [0.2, 0.25) is 11.8 Å². The number of nitrogens with one attached hydrogen (secondary N) is 3. The van der Waals surface area contributed by atoms with E-state index in [1.807, 2.05) is 0 Å². The molecule has 0 saturated heterocycles. The molecule has 0 unspecified atom stereocenters. The number of carbonyl (C=O) groups is 3. The Morgan fingerprint density at radius 3 is 2.27 bits per heavy atom. The van der Waals surface area contributed by atoms with E-state index in [1.54, 1.807) is 18.2 Å². The molecule has 2 amide bonds. The molecule has 0 aromatic heterocycles. The van der Waals surface area contributed by atoms with E-state index in [4.69, 9.17) is 0 Å². The van der Waals surface area contributed by atoms with E-state index in [0.29, 0.717) is 17.3 Å². The molecule has 0 fully saturated rings. The largest absolute Gasteiger partial charge is 0.374 e.